The number of halogens is 1. The van der Waals surface area contributed by atoms with E-state index in [9.17, 15) is 9.18 Å². The molecular formula is C23H25FN2O2. The third-order valence-corrected chi connectivity index (χ3v) is 6.09. The molecule has 0 amide bonds. The van der Waals surface area contributed by atoms with Crippen molar-refractivity contribution < 1.29 is 13.9 Å². The molecule has 5 heteroatoms. The molecule has 1 aromatic rings. The van der Waals surface area contributed by atoms with Gasteiger partial charge in [0.1, 0.15) is 18.0 Å². The van der Waals surface area contributed by atoms with Crippen molar-refractivity contribution in [3.05, 3.63) is 47.3 Å². The Morgan fingerprint density at radius 1 is 1.07 bits per heavy atom. The highest BCUT2D eigenvalue weighted by atomic mass is 19.1. The zero-order chi connectivity index (χ0) is 19.9. The van der Waals surface area contributed by atoms with E-state index in [1.165, 1.54) is 12.1 Å². The van der Waals surface area contributed by atoms with Gasteiger partial charge in [-0.25, -0.2) is 4.39 Å². The fourth-order valence-corrected chi connectivity index (χ4v) is 4.38. The summed E-state index contributed by atoms with van der Waals surface area (Å²) in [6, 6.07) is 8.71. The summed E-state index contributed by atoms with van der Waals surface area (Å²) in [5.41, 5.74) is 0.995. The predicted octanol–water partition coefficient (Wildman–Crippen LogP) is 5.15. The Kier molecular flexibility index (Phi) is 6.82. The molecule has 0 aliphatic heterocycles. The summed E-state index contributed by atoms with van der Waals surface area (Å²) in [6.07, 6.45) is 10.2. The lowest BCUT2D eigenvalue weighted by atomic mass is 9.81. The first kappa shape index (κ1) is 20.1. The summed E-state index contributed by atoms with van der Waals surface area (Å²) in [5, 5.41) is 17.4. The van der Waals surface area contributed by atoms with Crippen LogP contribution < -0.4 is 0 Å². The molecule has 1 aromatic carbocycles. The minimum Gasteiger partial charge on any atom is -0.462 e. The molecule has 3 rings (SSSR count). The number of hydrogen-bond acceptors (Lipinski definition) is 4. The fourth-order valence-electron chi connectivity index (χ4n) is 4.38. The summed E-state index contributed by atoms with van der Waals surface area (Å²) >= 11 is 0. The molecule has 0 heterocycles. The summed E-state index contributed by atoms with van der Waals surface area (Å²) in [7, 11) is 0. The number of carbonyl (C=O) groups is 1. The highest BCUT2D eigenvalue weighted by Crippen LogP contribution is 2.36. The minimum atomic E-state index is -0.464. The highest BCUT2D eigenvalue weighted by Gasteiger charge is 2.30. The van der Waals surface area contributed by atoms with Crippen LogP contribution in [0.4, 0.5) is 4.39 Å². The van der Waals surface area contributed by atoms with Crippen molar-refractivity contribution in [2.75, 3.05) is 0 Å². The number of nitriles is 2. The molecule has 0 aromatic heterocycles. The van der Waals surface area contributed by atoms with Crippen molar-refractivity contribution >= 4 is 5.97 Å². The molecular weight excluding hydrogens is 355 g/mol. The zero-order valence-corrected chi connectivity index (χ0v) is 15.9. The van der Waals surface area contributed by atoms with Crippen molar-refractivity contribution in [2.45, 2.75) is 63.4 Å². The van der Waals surface area contributed by atoms with Crippen LogP contribution in [-0.4, -0.2) is 12.1 Å². The van der Waals surface area contributed by atoms with Crippen LogP contribution in [0.1, 0.15) is 68.4 Å². The van der Waals surface area contributed by atoms with Gasteiger partial charge < -0.3 is 4.74 Å². The quantitative estimate of drug-likeness (QED) is 0.535. The van der Waals surface area contributed by atoms with Gasteiger partial charge in [-0.3, -0.25) is 4.79 Å². The third kappa shape index (κ3) is 4.98. The van der Waals surface area contributed by atoms with E-state index in [1.807, 2.05) is 24.3 Å². The van der Waals surface area contributed by atoms with Crippen LogP contribution in [0.3, 0.4) is 0 Å². The Balaban J connectivity index is 1.45. The highest BCUT2D eigenvalue weighted by molar-refractivity contribution is 5.72. The molecule has 0 spiro atoms. The second kappa shape index (κ2) is 9.51. The Labute approximate surface area is 165 Å². The molecule has 0 N–H and O–H groups in total. The normalized spacial score (nSPS) is 27.7. The SMILES string of the molecule is N#CC=C[C@H]1CC[C@H](C(=O)O[C@H]2CC[C@H](c3ccc(C#N)c(F)c3)CC2)CC1. The van der Waals surface area contributed by atoms with E-state index in [1.54, 1.807) is 6.07 Å². The molecule has 0 atom stereocenters. The van der Waals surface area contributed by atoms with E-state index >= 15 is 0 Å². The van der Waals surface area contributed by atoms with Crippen LogP contribution in [0.15, 0.2) is 30.4 Å². The maximum absolute atomic E-state index is 13.8. The first-order valence-corrected chi connectivity index (χ1v) is 10.1. The maximum Gasteiger partial charge on any atom is 0.309 e. The molecule has 2 aliphatic carbocycles. The van der Waals surface area contributed by atoms with Gasteiger partial charge in [-0.15, -0.1) is 0 Å². The number of carbonyl (C=O) groups excluding carboxylic acids is 1. The van der Waals surface area contributed by atoms with Gasteiger partial charge in [-0.2, -0.15) is 10.5 Å². The lowest BCUT2D eigenvalue weighted by molar-refractivity contribution is -0.157. The molecule has 4 nitrogen and oxygen atoms in total. The van der Waals surface area contributed by atoms with Gasteiger partial charge in [0.2, 0.25) is 0 Å². The Hall–Kier alpha value is -2.66. The van der Waals surface area contributed by atoms with E-state index in [2.05, 4.69) is 0 Å². The predicted molar refractivity (Wildman–Crippen MR) is 102 cm³/mol. The molecule has 146 valence electrons. The number of esters is 1. The smallest absolute Gasteiger partial charge is 0.309 e. The average molecular weight is 380 g/mol. The van der Waals surface area contributed by atoms with Crippen LogP contribution in [0.5, 0.6) is 0 Å². The first-order chi connectivity index (χ1) is 13.6. The lowest BCUT2D eigenvalue weighted by Gasteiger charge is -2.31. The number of nitrogens with zero attached hydrogens (tertiary/aromatic N) is 2. The second-order valence-electron chi connectivity index (χ2n) is 7.86. The van der Waals surface area contributed by atoms with E-state index in [4.69, 9.17) is 15.3 Å². The van der Waals surface area contributed by atoms with Crippen LogP contribution in [-0.2, 0) is 9.53 Å². The summed E-state index contributed by atoms with van der Waals surface area (Å²) in [6.45, 7) is 0. The van der Waals surface area contributed by atoms with Gasteiger partial charge in [0.15, 0.2) is 0 Å². The minimum absolute atomic E-state index is 0.0305. The second-order valence-corrected chi connectivity index (χ2v) is 7.86. The Bertz CT molecular complexity index is 805. The first-order valence-electron chi connectivity index (χ1n) is 10.1. The van der Waals surface area contributed by atoms with Crippen LogP contribution in [0.2, 0.25) is 0 Å². The standard InChI is InChI=1S/C23H25FN2O2/c24-22-14-19(7-8-20(22)15-26)17-9-11-21(12-10-17)28-23(27)18-5-3-16(4-6-18)2-1-13-25/h1-2,7-8,14,16-18,21H,3-6,9-12H2/t16-,17-,18-,21-. The average Bonchev–Trinajstić information content (AvgIpc) is 2.73. The number of benzene rings is 1. The fraction of sp³-hybridized carbons (Fsp3) is 0.522. The molecule has 28 heavy (non-hydrogen) atoms. The maximum atomic E-state index is 13.8. The van der Waals surface area contributed by atoms with Crippen LogP contribution >= 0.6 is 0 Å². The number of rotatable bonds is 4. The van der Waals surface area contributed by atoms with Gasteiger partial charge in [-0.1, -0.05) is 12.1 Å². The van der Waals surface area contributed by atoms with Crippen molar-refractivity contribution in [3.8, 4) is 12.1 Å². The summed E-state index contributed by atoms with van der Waals surface area (Å²) in [4.78, 5) is 12.5. The third-order valence-electron chi connectivity index (χ3n) is 6.09. The van der Waals surface area contributed by atoms with E-state index in [-0.39, 0.29) is 29.5 Å². The molecule has 2 fully saturated rings. The van der Waals surface area contributed by atoms with Gasteiger partial charge in [0, 0.05) is 6.08 Å². The molecule has 0 unspecified atom stereocenters. The molecule has 0 radical (unpaired) electrons. The van der Waals surface area contributed by atoms with Gasteiger partial charge >= 0.3 is 5.97 Å². The van der Waals surface area contributed by atoms with Gasteiger partial charge in [-0.05, 0) is 80.9 Å². The topological polar surface area (TPSA) is 73.9 Å². The Morgan fingerprint density at radius 3 is 2.39 bits per heavy atom. The van der Waals surface area contributed by atoms with Crippen molar-refractivity contribution in [1.29, 1.82) is 10.5 Å². The molecule has 2 saturated carbocycles. The van der Waals surface area contributed by atoms with E-state index < -0.39 is 5.82 Å². The van der Waals surface area contributed by atoms with Crippen molar-refractivity contribution in [2.24, 2.45) is 11.8 Å². The summed E-state index contributed by atoms with van der Waals surface area (Å²) in [5.74, 6) is 0.0629. The lowest BCUT2D eigenvalue weighted by Crippen LogP contribution is -2.29. The number of ether oxygens (including phenoxy) is 1. The number of hydrogen-bond donors (Lipinski definition) is 0. The van der Waals surface area contributed by atoms with E-state index in [0.29, 0.717) is 5.92 Å². The monoisotopic (exact) mass is 380 g/mol. The molecule has 2 aliphatic rings. The zero-order valence-electron chi connectivity index (χ0n) is 15.9. The van der Waals surface area contributed by atoms with E-state index in [0.717, 1.165) is 56.9 Å². The largest absolute Gasteiger partial charge is 0.462 e. The van der Waals surface area contributed by atoms with Crippen LogP contribution in [0.25, 0.3) is 0 Å². The van der Waals surface area contributed by atoms with Gasteiger partial charge in [0.25, 0.3) is 0 Å². The van der Waals surface area contributed by atoms with Crippen molar-refractivity contribution in [1.82, 2.24) is 0 Å². The van der Waals surface area contributed by atoms with Crippen LogP contribution in [0, 0.1) is 40.3 Å². The number of allylic oxidation sites excluding steroid dienone is 2. The van der Waals surface area contributed by atoms with Gasteiger partial charge in [0.05, 0.1) is 17.6 Å². The Morgan fingerprint density at radius 2 is 1.79 bits per heavy atom. The molecule has 0 saturated heterocycles. The molecule has 0 bridgehead atoms. The van der Waals surface area contributed by atoms with Crippen molar-refractivity contribution in [3.63, 3.8) is 0 Å². The summed E-state index contributed by atoms with van der Waals surface area (Å²) < 4.78 is 19.6.